The predicted molar refractivity (Wildman–Crippen MR) is 84.8 cm³/mol. The van der Waals surface area contributed by atoms with Crippen LogP contribution in [-0.2, 0) is 9.84 Å². The van der Waals surface area contributed by atoms with E-state index in [-0.39, 0.29) is 5.75 Å². The molecule has 0 amide bonds. The highest BCUT2D eigenvalue weighted by Gasteiger charge is 2.14. The number of rotatable bonds is 9. The van der Waals surface area contributed by atoms with Crippen molar-refractivity contribution in [1.29, 1.82) is 0 Å². The van der Waals surface area contributed by atoms with Crippen LogP contribution in [0, 0.1) is 6.92 Å². The number of unbranched alkanes of at least 4 members (excludes halogenated alkanes) is 1. The summed E-state index contributed by atoms with van der Waals surface area (Å²) in [5.74, 6) is 0.247. The van der Waals surface area contributed by atoms with E-state index >= 15 is 0 Å². The van der Waals surface area contributed by atoms with Gasteiger partial charge >= 0.3 is 0 Å². The molecule has 1 unspecified atom stereocenters. The van der Waals surface area contributed by atoms with E-state index in [2.05, 4.69) is 19.2 Å². The highest BCUT2D eigenvalue weighted by Crippen LogP contribution is 2.15. The molecule has 1 N–H and O–H groups in total. The SMILES string of the molecule is CCCNC(C)CCCCS(=O)(=O)c1cccc(C)c1. The van der Waals surface area contributed by atoms with Crippen molar-refractivity contribution in [2.24, 2.45) is 0 Å². The summed E-state index contributed by atoms with van der Waals surface area (Å²) in [5.41, 5.74) is 0.989. The summed E-state index contributed by atoms with van der Waals surface area (Å²) in [6.07, 6.45) is 3.84. The normalized spacial score (nSPS) is 13.3. The first-order chi connectivity index (χ1) is 9.45. The summed E-state index contributed by atoms with van der Waals surface area (Å²) in [6.45, 7) is 7.25. The monoisotopic (exact) mass is 297 g/mol. The zero-order valence-corrected chi connectivity index (χ0v) is 13.7. The van der Waals surface area contributed by atoms with Crippen LogP contribution in [0.2, 0.25) is 0 Å². The van der Waals surface area contributed by atoms with Gasteiger partial charge in [0, 0.05) is 6.04 Å². The molecule has 0 aromatic heterocycles. The molecule has 0 saturated heterocycles. The minimum Gasteiger partial charge on any atom is -0.314 e. The lowest BCUT2D eigenvalue weighted by atomic mass is 10.1. The van der Waals surface area contributed by atoms with E-state index in [9.17, 15) is 8.42 Å². The Morgan fingerprint density at radius 1 is 1.25 bits per heavy atom. The fraction of sp³-hybridized carbons (Fsp3) is 0.625. The van der Waals surface area contributed by atoms with Crippen LogP contribution < -0.4 is 5.32 Å². The molecule has 0 radical (unpaired) electrons. The fourth-order valence-corrected chi connectivity index (χ4v) is 3.63. The Hall–Kier alpha value is -0.870. The van der Waals surface area contributed by atoms with Crippen LogP contribution in [0.5, 0.6) is 0 Å². The Labute approximate surface area is 123 Å². The molecule has 0 saturated carbocycles. The first kappa shape index (κ1) is 17.2. The van der Waals surface area contributed by atoms with E-state index in [1.54, 1.807) is 18.2 Å². The van der Waals surface area contributed by atoms with Crippen molar-refractivity contribution in [2.75, 3.05) is 12.3 Å². The summed E-state index contributed by atoms with van der Waals surface area (Å²) in [5, 5.41) is 3.42. The Kier molecular flexibility index (Phi) is 7.24. The molecule has 1 atom stereocenters. The van der Waals surface area contributed by atoms with Crippen molar-refractivity contribution < 1.29 is 8.42 Å². The number of benzene rings is 1. The van der Waals surface area contributed by atoms with Crippen molar-refractivity contribution in [1.82, 2.24) is 5.32 Å². The van der Waals surface area contributed by atoms with Crippen LogP contribution in [0.1, 0.15) is 45.1 Å². The van der Waals surface area contributed by atoms with E-state index in [0.717, 1.165) is 37.8 Å². The van der Waals surface area contributed by atoms with Crippen LogP contribution in [0.25, 0.3) is 0 Å². The van der Waals surface area contributed by atoms with E-state index in [0.29, 0.717) is 10.9 Å². The van der Waals surface area contributed by atoms with E-state index < -0.39 is 9.84 Å². The summed E-state index contributed by atoms with van der Waals surface area (Å²) >= 11 is 0. The minimum absolute atomic E-state index is 0.247. The van der Waals surface area contributed by atoms with Gasteiger partial charge in [0.2, 0.25) is 0 Å². The highest BCUT2D eigenvalue weighted by molar-refractivity contribution is 7.91. The van der Waals surface area contributed by atoms with Gasteiger partial charge in [-0.1, -0.05) is 25.5 Å². The van der Waals surface area contributed by atoms with Crippen LogP contribution in [0.4, 0.5) is 0 Å². The molecule has 114 valence electrons. The second-order valence-electron chi connectivity index (χ2n) is 5.49. The largest absolute Gasteiger partial charge is 0.314 e. The molecule has 0 aliphatic carbocycles. The smallest absolute Gasteiger partial charge is 0.178 e. The molecule has 3 nitrogen and oxygen atoms in total. The van der Waals surface area contributed by atoms with Crippen molar-refractivity contribution >= 4 is 9.84 Å². The first-order valence-electron chi connectivity index (χ1n) is 7.48. The van der Waals surface area contributed by atoms with Gasteiger partial charge < -0.3 is 5.32 Å². The lowest BCUT2D eigenvalue weighted by Crippen LogP contribution is -2.26. The van der Waals surface area contributed by atoms with Gasteiger partial charge in [-0.25, -0.2) is 8.42 Å². The van der Waals surface area contributed by atoms with Crippen molar-refractivity contribution in [2.45, 2.75) is 57.4 Å². The Morgan fingerprint density at radius 2 is 2.00 bits per heavy atom. The number of aryl methyl sites for hydroxylation is 1. The highest BCUT2D eigenvalue weighted by atomic mass is 32.2. The van der Waals surface area contributed by atoms with Crippen molar-refractivity contribution in [3.8, 4) is 0 Å². The lowest BCUT2D eigenvalue weighted by Gasteiger charge is -2.12. The third kappa shape index (κ3) is 6.06. The van der Waals surface area contributed by atoms with Gasteiger partial charge in [-0.05, 0) is 57.4 Å². The summed E-state index contributed by atoms with van der Waals surface area (Å²) in [6, 6.07) is 7.63. The summed E-state index contributed by atoms with van der Waals surface area (Å²) in [4.78, 5) is 0.453. The summed E-state index contributed by atoms with van der Waals surface area (Å²) < 4.78 is 24.4. The predicted octanol–water partition coefficient (Wildman–Crippen LogP) is 3.33. The van der Waals surface area contributed by atoms with Crippen LogP contribution in [0.3, 0.4) is 0 Å². The molecular weight excluding hydrogens is 270 g/mol. The molecule has 1 rings (SSSR count). The van der Waals surface area contributed by atoms with Crippen LogP contribution in [-0.4, -0.2) is 26.8 Å². The van der Waals surface area contributed by atoms with Gasteiger partial charge in [0.25, 0.3) is 0 Å². The Bertz CT molecular complexity index is 497. The van der Waals surface area contributed by atoms with Gasteiger partial charge in [0.1, 0.15) is 0 Å². The van der Waals surface area contributed by atoms with Gasteiger partial charge in [0.15, 0.2) is 9.84 Å². The lowest BCUT2D eigenvalue weighted by molar-refractivity contribution is 0.494. The fourth-order valence-electron chi connectivity index (χ4n) is 2.16. The maximum Gasteiger partial charge on any atom is 0.178 e. The molecule has 1 aromatic carbocycles. The molecule has 0 fully saturated rings. The maximum absolute atomic E-state index is 12.2. The van der Waals surface area contributed by atoms with Crippen molar-refractivity contribution in [3.05, 3.63) is 29.8 Å². The zero-order chi connectivity index (χ0) is 15.0. The van der Waals surface area contributed by atoms with Gasteiger partial charge in [-0.3, -0.25) is 0 Å². The quantitative estimate of drug-likeness (QED) is 0.711. The van der Waals surface area contributed by atoms with E-state index in [1.807, 2.05) is 13.0 Å². The molecule has 0 spiro atoms. The van der Waals surface area contributed by atoms with Crippen LogP contribution >= 0.6 is 0 Å². The van der Waals surface area contributed by atoms with Gasteiger partial charge in [0.05, 0.1) is 10.6 Å². The summed E-state index contributed by atoms with van der Waals surface area (Å²) in [7, 11) is -3.12. The van der Waals surface area contributed by atoms with Crippen molar-refractivity contribution in [3.63, 3.8) is 0 Å². The molecular formula is C16H27NO2S. The third-order valence-corrected chi connectivity index (χ3v) is 5.19. The molecule has 0 aliphatic rings. The Balaban J connectivity index is 2.37. The number of hydrogen-bond acceptors (Lipinski definition) is 3. The molecule has 0 bridgehead atoms. The number of sulfone groups is 1. The molecule has 20 heavy (non-hydrogen) atoms. The van der Waals surface area contributed by atoms with Gasteiger partial charge in [-0.15, -0.1) is 0 Å². The second kappa shape index (κ2) is 8.42. The average molecular weight is 297 g/mol. The zero-order valence-electron chi connectivity index (χ0n) is 12.9. The molecule has 0 aliphatic heterocycles. The van der Waals surface area contributed by atoms with E-state index in [4.69, 9.17) is 0 Å². The first-order valence-corrected chi connectivity index (χ1v) is 9.13. The minimum atomic E-state index is -3.12. The number of nitrogens with one attached hydrogen (secondary N) is 1. The number of hydrogen-bond donors (Lipinski definition) is 1. The van der Waals surface area contributed by atoms with Gasteiger partial charge in [-0.2, -0.15) is 0 Å². The van der Waals surface area contributed by atoms with Crippen LogP contribution in [0.15, 0.2) is 29.2 Å². The third-order valence-electron chi connectivity index (χ3n) is 3.39. The average Bonchev–Trinajstić information content (AvgIpc) is 2.41. The maximum atomic E-state index is 12.2. The van der Waals surface area contributed by atoms with E-state index in [1.165, 1.54) is 0 Å². The molecule has 1 aromatic rings. The molecule has 4 heteroatoms. The Morgan fingerprint density at radius 3 is 2.65 bits per heavy atom. The molecule has 0 heterocycles. The standard InChI is InChI=1S/C16H27NO2S/c1-4-11-17-15(3)9-5-6-12-20(18,19)16-10-7-8-14(2)13-16/h7-8,10,13,15,17H,4-6,9,11-12H2,1-3H3. The topological polar surface area (TPSA) is 46.2 Å². The second-order valence-corrected chi connectivity index (χ2v) is 7.60.